The van der Waals surface area contributed by atoms with E-state index in [1.807, 2.05) is 23.1 Å². The average molecular weight is 502 g/mol. The van der Waals surface area contributed by atoms with Crippen molar-refractivity contribution in [3.63, 3.8) is 0 Å². The van der Waals surface area contributed by atoms with Crippen LogP contribution in [-0.2, 0) is 11.2 Å². The Hall–Kier alpha value is -1.51. The summed E-state index contributed by atoms with van der Waals surface area (Å²) in [6.07, 6.45) is 5.80. The predicted octanol–water partition coefficient (Wildman–Crippen LogP) is 3.20. The summed E-state index contributed by atoms with van der Waals surface area (Å²) in [4.78, 5) is 18.7. The second-order valence-electron chi connectivity index (χ2n) is 6.79. The van der Waals surface area contributed by atoms with Crippen LogP contribution in [0.25, 0.3) is 0 Å². The van der Waals surface area contributed by atoms with Crippen molar-refractivity contribution >= 4 is 35.8 Å². The van der Waals surface area contributed by atoms with Gasteiger partial charge in [0, 0.05) is 39.1 Å². The molecule has 28 heavy (non-hydrogen) atoms. The lowest BCUT2D eigenvalue weighted by Crippen LogP contribution is -2.38. The number of benzene rings is 1. The van der Waals surface area contributed by atoms with Gasteiger partial charge >= 0.3 is 0 Å². The van der Waals surface area contributed by atoms with E-state index in [4.69, 9.17) is 4.74 Å². The number of hydrogen-bond acceptors (Lipinski definition) is 3. The molecule has 2 rings (SSSR count). The molecule has 0 radical (unpaired) electrons. The zero-order valence-corrected chi connectivity index (χ0v) is 19.5. The fourth-order valence-corrected chi connectivity index (χ4v) is 3.29. The molecule has 1 fully saturated rings. The van der Waals surface area contributed by atoms with Crippen molar-refractivity contribution in [2.75, 3.05) is 39.8 Å². The number of aliphatic imine (C=N–C) groups is 1. The highest BCUT2D eigenvalue weighted by atomic mass is 127. The summed E-state index contributed by atoms with van der Waals surface area (Å²) in [7, 11) is 1.70. The van der Waals surface area contributed by atoms with Gasteiger partial charge in [0.25, 0.3) is 0 Å². The first-order chi connectivity index (χ1) is 13.2. The highest BCUT2D eigenvalue weighted by Crippen LogP contribution is 2.17. The van der Waals surface area contributed by atoms with Crippen molar-refractivity contribution in [2.24, 2.45) is 4.99 Å². The summed E-state index contributed by atoms with van der Waals surface area (Å²) in [6, 6.07) is 8.08. The summed E-state index contributed by atoms with van der Waals surface area (Å²) in [5, 5.41) is 6.66. The maximum absolute atomic E-state index is 12.0. The number of amides is 1. The lowest BCUT2D eigenvalue weighted by Gasteiger charge is -2.20. The number of likely N-dealkylation sites (tertiary alicyclic amines) is 1. The van der Waals surface area contributed by atoms with Crippen LogP contribution in [0.4, 0.5) is 0 Å². The normalized spacial score (nSPS) is 14.9. The predicted molar refractivity (Wildman–Crippen MR) is 126 cm³/mol. The third-order valence-corrected chi connectivity index (χ3v) is 4.75. The number of hydrogen-bond donors (Lipinski definition) is 2. The molecule has 7 heteroatoms. The van der Waals surface area contributed by atoms with Crippen molar-refractivity contribution in [3.05, 3.63) is 29.8 Å². The Morgan fingerprint density at radius 3 is 2.82 bits per heavy atom. The summed E-state index contributed by atoms with van der Waals surface area (Å²) < 4.78 is 5.40. The molecule has 1 aromatic carbocycles. The Labute approximate surface area is 186 Å². The van der Waals surface area contributed by atoms with E-state index in [9.17, 15) is 4.79 Å². The first kappa shape index (κ1) is 24.5. The van der Waals surface area contributed by atoms with E-state index < -0.39 is 0 Å². The second kappa shape index (κ2) is 14.5. The topological polar surface area (TPSA) is 66.0 Å². The highest BCUT2D eigenvalue weighted by Gasteiger charge is 2.15. The molecule has 158 valence electrons. The van der Waals surface area contributed by atoms with Crippen LogP contribution in [0.5, 0.6) is 5.75 Å². The maximum Gasteiger partial charge on any atom is 0.222 e. The van der Waals surface area contributed by atoms with Gasteiger partial charge < -0.3 is 20.3 Å². The molecule has 0 bridgehead atoms. The van der Waals surface area contributed by atoms with Gasteiger partial charge in [-0.05, 0) is 44.2 Å². The number of ether oxygens (including phenoxy) is 1. The molecule has 1 aromatic rings. The zero-order valence-electron chi connectivity index (χ0n) is 17.2. The van der Waals surface area contributed by atoms with Crippen molar-refractivity contribution in [3.8, 4) is 5.75 Å². The molecule has 1 aliphatic rings. The smallest absolute Gasteiger partial charge is 0.222 e. The Bertz CT molecular complexity index is 610. The molecule has 6 nitrogen and oxygen atoms in total. The average Bonchev–Trinajstić information content (AvgIpc) is 2.89. The van der Waals surface area contributed by atoms with Gasteiger partial charge in [-0.25, -0.2) is 0 Å². The van der Waals surface area contributed by atoms with Crippen molar-refractivity contribution in [1.29, 1.82) is 0 Å². The fraction of sp³-hybridized carbons (Fsp3) is 0.619. The SMILES string of the molecule is CCNC(=NCCCN1CCCCCC1=O)NCCc1ccccc1OC.I. The van der Waals surface area contributed by atoms with Crippen molar-refractivity contribution in [2.45, 2.75) is 45.4 Å². The number of nitrogens with one attached hydrogen (secondary N) is 2. The number of rotatable bonds is 9. The van der Waals surface area contributed by atoms with Gasteiger partial charge in [-0.1, -0.05) is 24.6 Å². The third kappa shape index (κ3) is 8.67. The monoisotopic (exact) mass is 502 g/mol. The summed E-state index contributed by atoms with van der Waals surface area (Å²) >= 11 is 0. The van der Waals surface area contributed by atoms with Gasteiger partial charge in [-0.15, -0.1) is 24.0 Å². The van der Waals surface area contributed by atoms with E-state index in [0.29, 0.717) is 18.9 Å². The minimum absolute atomic E-state index is 0. The lowest BCUT2D eigenvalue weighted by atomic mass is 10.1. The molecule has 0 saturated carbocycles. The highest BCUT2D eigenvalue weighted by molar-refractivity contribution is 14.0. The van der Waals surface area contributed by atoms with Crippen LogP contribution in [0.3, 0.4) is 0 Å². The quantitative estimate of drug-likeness (QED) is 0.236. The first-order valence-corrected chi connectivity index (χ1v) is 10.2. The molecule has 1 aliphatic heterocycles. The standard InChI is InChI=1S/C21H34N4O2.HI/c1-3-22-21(24-15-13-18-10-6-7-11-19(18)27-2)23-14-9-17-25-16-8-4-5-12-20(25)26;/h6-7,10-11H,3-5,8-9,12-17H2,1-2H3,(H2,22,23,24);1H. The molecular weight excluding hydrogens is 467 g/mol. The molecule has 1 saturated heterocycles. The second-order valence-corrected chi connectivity index (χ2v) is 6.79. The van der Waals surface area contributed by atoms with Gasteiger partial charge in [0.05, 0.1) is 7.11 Å². The van der Waals surface area contributed by atoms with E-state index in [1.54, 1.807) is 7.11 Å². The van der Waals surface area contributed by atoms with E-state index in [2.05, 4.69) is 28.6 Å². The van der Waals surface area contributed by atoms with E-state index in [1.165, 1.54) is 12.0 Å². The van der Waals surface area contributed by atoms with E-state index in [0.717, 1.165) is 63.6 Å². The Morgan fingerprint density at radius 2 is 2.04 bits per heavy atom. The number of halogens is 1. The third-order valence-electron chi connectivity index (χ3n) is 4.75. The number of para-hydroxylation sites is 1. The maximum atomic E-state index is 12.0. The Balaban J connectivity index is 0.00000392. The molecule has 0 spiro atoms. The number of methoxy groups -OCH3 is 1. The van der Waals surface area contributed by atoms with E-state index in [-0.39, 0.29) is 24.0 Å². The largest absolute Gasteiger partial charge is 0.496 e. The molecular formula is C21H35IN4O2. The molecule has 2 N–H and O–H groups in total. The van der Waals surface area contributed by atoms with Crippen LogP contribution < -0.4 is 15.4 Å². The molecule has 1 amide bonds. The fourth-order valence-electron chi connectivity index (χ4n) is 3.29. The minimum atomic E-state index is 0. The molecule has 0 unspecified atom stereocenters. The van der Waals surface area contributed by atoms with Crippen LogP contribution >= 0.6 is 24.0 Å². The van der Waals surface area contributed by atoms with Gasteiger partial charge in [0.2, 0.25) is 5.91 Å². The van der Waals surface area contributed by atoms with Crippen LogP contribution in [0.2, 0.25) is 0 Å². The zero-order chi connectivity index (χ0) is 19.3. The number of carbonyl (C=O) groups excluding carboxylic acids is 1. The van der Waals surface area contributed by atoms with Gasteiger partial charge in [0.15, 0.2) is 5.96 Å². The van der Waals surface area contributed by atoms with Crippen molar-refractivity contribution < 1.29 is 9.53 Å². The summed E-state index contributed by atoms with van der Waals surface area (Å²) in [6.45, 7) is 6.10. The minimum Gasteiger partial charge on any atom is -0.496 e. The molecule has 1 heterocycles. The Morgan fingerprint density at radius 1 is 1.21 bits per heavy atom. The number of carbonyl (C=O) groups is 1. The lowest BCUT2D eigenvalue weighted by molar-refractivity contribution is -0.130. The molecule has 0 aromatic heterocycles. The first-order valence-electron chi connectivity index (χ1n) is 10.2. The Kier molecular flexibility index (Phi) is 12.7. The van der Waals surface area contributed by atoms with Gasteiger partial charge in [-0.3, -0.25) is 9.79 Å². The number of nitrogens with zero attached hydrogens (tertiary/aromatic N) is 2. The molecule has 0 aliphatic carbocycles. The summed E-state index contributed by atoms with van der Waals surface area (Å²) in [5.74, 6) is 2.05. The van der Waals surface area contributed by atoms with Crippen LogP contribution in [-0.4, -0.2) is 56.6 Å². The number of guanidine groups is 1. The van der Waals surface area contributed by atoms with Crippen LogP contribution in [0.1, 0.15) is 44.6 Å². The summed E-state index contributed by atoms with van der Waals surface area (Å²) in [5.41, 5.74) is 1.18. The van der Waals surface area contributed by atoms with E-state index >= 15 is 0 Å². The van der Waals surface area contributed by atoms with Crippen molar-refractivity contribution in [1.82, 2.24) is 15.5 Å². The van der Waals surface area contributed by atoms with Crippen LogP contribution in [0.15, 0.2) is 29.3 Å². The van der Waals surface area contributed by atoms with Crippen LogP contribution in [0, 0.1) is 0 Å². The van der Waals surface area contributed by atoms with Gasteiger partial charge in [0.1, 0.15) is 5.75 Å². The molecule has 0 atom stereocenters. The van der Waals surface area contributed by atoms with Gasteiger partial charge in [-0.2, -0.15) is 0 Å².